The first-order valence-corrected chi connectivity index (χ1v) is 6.03. The molecule has 3 aliphatic carbocycles. The predicted octanol–water partition coefficient (Wildman–Crippen LogP) is 2.00. The van der Waals surface area contributed by atoms with Crippen LogP contribution in [0.2, 0.25) is 0 Å². The van der Waals surface area contributed by atoms with Crippen molar-refractivity contribution in [3.63, 3.8) is 0 Å². The zero-order valence-electron chi connectivity index (χ0n) is 10.4. The Labute approximate surface area is 101 Å². The van der Waals surface area contributed by atoms with Crippen LogP contribution in [0.15, 0.2) is 11.3 Å². The van der Waals surface area contributed by atoms with Crippen molar-refractivity contribution in [3.05, 3.63) is 11.3 Å². The Morgan fingerprint density at radius 2 is 2.18 bits per heavy atom. The van der Waals surface area contributed by atoms with Crippen LogP contribution in [-0.4, -0.2) is 23.5 Å². The zero-order chi connectivity index (χ0) is 12.8. The summed E-state index contributed by atoms with van der Waals surface area (Å²) in [7, 11) is 0. The molecule has 2 unspecified atom stereocenters. The molecular formula is C13H18O4. The number of Topliss-reactive ketones (excluding diaryl/α,β-unsaturated/α-hetero) is 1. The molecule has 0 heterocycles. The highest BCUT2D eigenvalue weighted by atomic mass is 16.5. The van der Waals surface area contributed by atoms with Crippen LogP contribution in [-0.2, 0) is 14.3 Å². The lowest BCUT2D eigenvalue weighted by molar-refractivity contribution is -0.144. The van der Waals surface area contributed by atoms with Gasteiger partial charge in [-0.3, -0.25) is 4.79 Å². The van der Waals surface area contributed by atoms with Crippen LogP contribution in [0.3, 0.4) is 0 Å². The molecule has 0 aliphatic heterocycles. The molecule has 0 aromatic carbocycles. The molecule has 3 rings (SSSR count). The van der Waals surface area contributed by atoms with Gasteiger partial charge in [0.05, 0.1) is 6.61 Å². The fourth-order valence-corrected chi connectivity index (χ4v) is 2.99. The van der Waals surface area contributed by atoms with Gasteiger partial charge in [-0.2, -0.15) is 0 Å². The van der Waals surface area contributed by atoms with Gasteiger partial charge in [-0.25, -0.2) is 4.79 Å². The molecule has 0 radical (unpaired) electrons. The number of ketones is 1. The number of carboxylic acids is 1. The fraction of sp³-hybridized carbons (Fsp3) is 0.692. The number of hydrogen-bond acceptors (Lipinski definition) is 3. The molecule has 4 nitrogen and oxygen atoms in total. The van der Waals surface area contributed by atoms with Gasteiger partial charge in [-0.1, -0.05) is 13.8 Å². The van der Waals surface area contributed by atoms with Crippen LogP contribution >= 0.6 is 0 Å². The fourth-order valence-electron chi connectivity index (χ4n) is 2.99. The molecule has 3 fully saturated rings. The van der Waals surface area contributed by atoms with E-state index in [-0.39, 0.29) is 29.5 Å². The third-order valence-corrected chi connectivity index (χ3v) is 4.29. The highest BCUT2D eigenvalue weighted by molar-refractivity contribution is 6.05. The molecule has 3 aliphatic rings. The standard InChI is InChI=1S/C13H18O4/c1-4-17-11(12(15)16)8-5-7-6-9(10(8)14)13(7,2)3/h7,9H,4-6H2,1-3H3,(H,15,16). The summed E-state index contributed by atoms with van der Waals surface area (Å²) in [6.07, 6.45) is 1.44. The lowest BCUT2D eigenvalue weighted by atomic mass is 9.47. The van der Waals surface area contributed by atoms with Gasteiger partial charge in [0.2, 0.25) is 5.76 Å². The topological polar surface area (TPSA) is 63.6 Å². The van der Waals surface area contributed by atoms with Gasteiger partial charge in [0, 0.05) is 11.5 Å². The Balaban J connectivity index is 2.33. The average Bonchev–Trinajstić information content (AvgIpc) is 2.25. The first-order valence-electron chi connectivity index (χ1n) is 6.03. The molecule has 1 N–H and O–H groups in total. The number of aliphatic carboxylic acids is 1. The third kappa shape index (κ3) is 1.66. The second kappa shape index (κ2) is 3.86. The van der Waals surface area contributed by atoms with Gasteiger partial charge >= 0.3 is 5.97 Å². The van der Waals surface area contributed by atoms with Gasteiger partial charge in [0.1, 0.15) is 0 Å². The highest BCUT2D eigenvalue weighted by Crippen LogP contribution is 2.59. The van der Waals surface area contributed by atoms with Gasteiger partial charge in [0.25, 0.3) is 0 Å². The van der Waals surface area contributed by atoms with Crippen LogP contribution in [0.4, 0.5) is 0 Å². The lowest BCUT2D eigenvalue weighted by Gasteiger charge is -2.55. The summed E-state index contributed by atoms with van der Waals surface area (Å²) < 4.78 is 5.11. The van der Waals surface area contributed by atoms with E-state index in [2.05, 4.69) is 13.8 Å². The quantitative estimate of drug-likeness (QED) is 0.603. The normalized spacial score (nSPS) is 32.8. The number of carbonyl (C=O) groups is 2. The number of carbonyl (C=O) groups excluding carboxylic acids is 1. The van der Waals surface area contributed by atoms with E-state index >= 15 is 0 Å². The van der Waals surface area contributed by atoms with Crippen LogP contribution in [0.25, 0.3) is 0 Å². The minimum atomic E-state index is -1.13. The van der Waals surface area contributed by atoms with Crippen molar-refractivity contribution < 1.29 is 19.4 Å². The van der Waals surface area contributed by atoms with E-state index in [1.807, 2.05) is 0 Å². The van der Waals surface area contributed by atoms with Crippen LogP contribution in [0.5, 0.6) is 0 Å². The summed E-state index contributed by atoms with van der Waals surface area (Å²) in [5.41, 5.74) is 0.413. The van der Waals surface area contributed by atoms with Crippen molar-refractivity contribution in [2.75, 3.05) is 6.61 Å². The van der Waals surface area contributed by atoms with Crippen molar-refractivity contribution in [1.82, 2.24) is 0 Å². The highest BCUT2D eigenvalue weighted by Gasteiger charge is 2.57. The minimum absolute atomic E-state index is 0.0222. The van der Waals surface area contributed by atoms with Gasteiger partial charge in [-0.05, 0) is 31.1 Å². The first-order chi connectivity index (χ1) is 7.89. The Morgan fingerprint density at radius 1 is 1.53 bits per heavy atom. The number of hydrogen-bond donors (Lipinski definition) is 1. The minimum Gasteiger partial charge on any atom is -0.487 e. The Morgan fingerprint density at radius 3 is 2.59 bits per heavy atom. The number of allylic oxidation sites excluding steroid dienone is 1. The van der Waals surface area contributed by atoms with E-state index in [0.717, 1.165) is 6.42 Å². The molecule has 2 atom stereocenters. The molecule has 2 bridgehead atoms. The van der Waals surface area contributed by atoms with E-state index in [1.165, 1.54) is 0 Å². The number of rotatable bonds is 3. The van der Waals surface area contributed by atoms with Crippen molar-refractivity contribution >= 4 is 11.8 Å². The van der Waals surface area contributed by atoms with E-state index < -0.39 is 5.97 Å². The largest absolute Gasteiger partial charge is 0.487 e. The summed E-state index contributed by atoms with van der Waals surface area (Å²) in [4.78, 5) is 23.3. The molecule has 0 aromatic heterocycles. The number of ether oxygens (including phenoxy) is 1. The molecule has 3 saturated carbocycles. The summed E-state index contributed by atoms with van der Waals surface area (Å²) in [5, 5.41) is 9.07. The van der Waals surface area contributed by atoms with Gasteiger partial charge < -0.3 is 9.84 Å². The maximum absolute atomic E-state index is 12.2. The average molecular weight is 238 g/mol. The van der Waals surface area contributed by atoms with Crippen molar-refractivity contribution in [3.8, 4) is 0 Å². The summed E-state index contributed by atoms with van der Waals surface area (Å²) >= 11 is 0. The first kappa shape index (κ1) is 12.1. The molecular weight excluding hydrogens is 220 g/mol. The second-order valence-corrected chi connectivity index (χ2v) is 5.42. The molecule has 0 amide bonds. The summed E-state index contributed by atoms with van der Waals surface area (Å²) in [5.74, 6) is -0.901. The maximum atomic E-state index is 12.2. The molecule has 0 spiro atoms. The number of fused-ring (bicyclic) bond motifs is 2. The Bertz CT molecular complexity index is 406. The maximum Gasteiger partial charge on any atom is 0.371 e. The van der Waals surface area contributed by atoms with Crippen molar-refractivity contribution in [2.24, 2.45) is 17.3 Å². The second-order valence-electron chi connectivity index (χ2n) is 5.42. The van der Waals surface area contributed by atoms with Gasteiger partial charge in [0.15, 0.2) is 5.78 Å². The van der Waals surface area contributed by atoms with E-state index in [4.69, 9.17) is 9.84 Å². The SMILES string of the molecule is CCOC(C(=O)O)=C1CC2CC(C1=O)C2(C)C. The molecule has 0 aromatic rings. The zero-order valence-corrected chi connectivity index (χ0v) is 10.4. The summed E-state index contributed by atoms with van der Waals surface area (Å²) in [6, 6.07) is 0. The Kier molecular flexibility index (Phi) is 2.76. The van der Waals surface area contributed by atoms with E-state index in [9.17, 15) is 9.59 Å². The molecule has 0 saturated heterocycles. The molecule has 4 heteroatoms. The van der Waals surface area contributed by atoms with Crippen molar-refractivity contribution in [1.29, 1.82) is 0 Å². The predicted molar refractivity (Wildman–Crippen MR) is 61.3 cm³/mol. The van der Waals surface area contributed by atoms with E-state index in [0.29, 0.717) is 17.9 Å². The molecule has 94 valence electrons. The van der Waals surface area contributed by atoms with Crippen LogP contribution in [0, 0.1) is 17.3 Å². The smallest absolute Gasteiger partial charge is 0.371 e. The monoisotopic (exact) mass is 238 g/mol. The van der Waals surface area contributed by atoms with Crippen molar-refractivity contribution in [2.45, 2.75) is 33.6 Å². The van der Waals surface area contributed by atoms with Crippen LogP contribution in [0.1, 0.15) is 33.6 Å². The Hall–Kier alpha value is -1.32. The third-order valence-electron chi connectivity index (χ3n) is 4.29. The van der Waals surface area contributed by atoms with Gasteiger partial charge in [-0.15, -0.1) is 0 Å². The number of carboxylic acid groups (broad SMARTS) is 1. The summed E-state index contributed by atoms with van der Waals surface area (Å²) in [6.45, 7) is 6.17. The lowest BCUT2D eigenvalue weighted by Crippen LogP contribution is -2.54. The molecule has 17 heavy (non-hydrogen) atoms. The van der Waals surface area contributed by atoms with Crippen LogP contribution < -0.4 is 0 Å². The van der Waals surface area contributed by atoms with E-state index in [1.54, 1.807) is 6.92 Å².